The van der Waals surface area contributed by atoms with E-state index >= 15 is 0 Å². The van der Waals surface area contributed by atoms with Crippen molar-refractivity contribution in [3.05, 3.63) is 107 Å². The molecule has 37 heavy (non-hydrogen) atoms. The molecule has 7 rings (SSSR count). The zero-order valence-electron chi connectivity index (χ0n) is 21.4. The molecule has 1 fully saturated rings. The van der Waals surface area contributed by atoms with Crippen molar-refractivity contribution >= 4 is 17.7 Å². The molecule has 1 N–H and O–H groups in total. The highest BCUT2D eigenvalue weighted by molar-refractivity contribution is 6.10. The first kappa shape index (κ1) is 23.7. The van der Waals surface area contributed by atoms with Crippen molar-refractivity contribution < 1.29 is 14.4 Å². The second-order valence-corrected chi connectivity index (χ2v) is 11.1. The number of nitrogens with one attached hydrogen (secondary N) is 1. The van der Waals surface area contributed by atoms with Crippen molar-refractivity contribution in [1.82, 2.24) is 10.2 Å². The van der Waals surface area contributed by atoms with Gasteiger partial charge < -0.3 is 5.32 Å². The molecule has 0 unspecified atom stereocenters. The average Bonchev–Trinajstić information content (AvgIpc) is 3.17. The summed E-state index contributed by atoms with van der Waals surface area (Å²) in [6, 6.07) is 25.1. The molecule has 0 radical (unpaired) electrons. The highest BCUT2D eigenvalue weighted by atomic mass is 16.2. The highest BCUT2D eigenvalue weighted by Gasteiger charge is 2.63. The SMILES string of the molecule is CC(C)C[C@H](C(=O)N[C@H](C)c1ccccc1)N1C(=O)[C@@H]2C3c4ccccc4C(c4ccccc43)[C@@H]2C1=O. The number of imide groups is 1. The Balaban J connectivity index is 1.38. The third kappa shape index (κ3) is 3.63. The quantitative estimate of drug-likeness (QED) is 0.483. The maximum Gasteiger partial charge on any atom is 0.243 e. The summed E-state index contributed by atoms with van der Waals surface area (Å²) in [5.74, 6) is -1.84. The lowest BCUT2D eigenvalue weighted by Gasteiger charge is -2.45. The van der Waals surface area contributed by atoms with Crippen molar-refractivity contribution in [3.63, 3.8) is 0 Å². The van der Waals surface area contributed by atoms with E-state index in [0.717, 1.165) is 27.8 Å². The van der Waals surface area contributed by atoms with Crippen LogP contribution in [-0.4, -0.2) is 28.7 Å². The van der Waals surface area contributed by atoms with Gasteiger partial charge in [0.15, 0.2) is 0 Å². The molecule has 4 aliphatic rings. The Labute approximate surface area is 217 Å². The number of nitrogens with zero attached hydrogens (tertiary/aromatic N) is 1. The van der Waals surface area contributed by atoms with Gasteiger partial charge in [-0.15, -0.1) is 0 Å². The molecule has 1 saturated heterocycles. The van der Waals surface area contributed by atoms with Gasteiger partial charge in [0.2, 0.25) is 17.7 Å². The fourth-order valence-corrected chi connectivity index (χ4v) is 6.92. The Bertz CT molecular complexity index is 1270. The molecule has 5 nitrogen and oxygen atoms in total. The molecular formula is C32H32N2O3. The van der Waals surface area contributed by atoms with E-state index in [-0.39, 0.29) is 41.5 Å². The van der Waals surface area contributed by atoms with Crippen molar-refractivity contribution in [2.45, 2.75) is 51.1 Å². The number of hydrogen-bond donors (Lipinski definition) is 1. The maximum atomic E-state index is 14.2. The normalized spacial score (nSPS) is 24.9. The van der Waals surface area contributed by atoms with Gasteiger partial charge in [-0.05, 0) is 47.1 Å². The summed E-state index contributed by atoms with van der Waals surface area (Å²) in [6.07, 6.45) is 0.430. The van der Waals surface area contributed by atoms with E-state index in [1.54, 1.807) is 0 Å². The van der Waals surface area contributed by atoms with Crippen molar-refractivity contribution in [2.24, 2.45) is 17.8 Å². The summed E-state index contributed by atoms with van der Waals surface area (Å²) in [5, 5.41) is 3.09. The fourth-order valence-electron chi connectivity index (χ4n) is 6.92. The number of carbonyl (C=O) groups is 3. The first-order valence-electron chi connectivity index (χ1n) is 13.3. The molecule has 0 spiro atoms. The molecule has 1 aliphatic heterocycles. The first-order chi connectivity index (χ1) is 17.9. The summed E-state index contributed by atoms with van der Waals surface area (Å²) in [6.45, 7) is 5.98. The van der Waals surface area contributed by atoms with E-state index < -0.39 is 17.9 Å². The van der Waals surface area contributed by atoms with Crippen LogP contribution in [0.4, 0.5) is 0 Å². The van der Waals surface area contributed by atoms with Gasteiger partial charge >= 0.3 is 0 Å². The van der Waals surface area contributed by atoms with Gasteiger partial charge in [-0.1, -0.05) is 92.7 Å². The van der Waals surface area contributed by atoms with Crippen LogP contribution in [0.15, 0.2) is 78.9 Å². The van der Waals surface area contributed by atoms with Gasteiger partial charge in [0.1, 0.15) is 6.04 Å². The largest absolute Gasteiger partial charge is 0.348 e. The molecule has 3 aromatic rings. The average molecular weight is 493 g/mol. The number of hydrogen-bond acceptors (Lipinski definition) is 3. The Kier molecular flexibility index (Phi) is 5.74. The van der Waals surface area contributed by atoms with E-state index in [0.29, 0.717) is 6.42 Å². The number of rotatable bonds is 6. The first-order valence-corrected chi connectivity index (χ1v) is 13.3. The number of amides is 3. The van der Waals surface area contributed by atoms with Crippen molar-refractivity contribution in [3.8, 4) is 0 Å². The highest BCUT2D eigenvalue weighted by Crippen LogP contribution is 2.61. The molecule has 3 amide bonds. The molecule has 4 atom stereocenters. The van der Waals surface area contributed by atoms with Crippen LogP contribution in [0.2, 0.25) is 0 Å². The lowest BCUT2D eigenvalue weighted by molar-refractivity contribution is -0.148. The van der Waals surface area contributed by atoms with Crippen LogP contribution in [0.5, 0.6) is 0 Å². The molecule has 5 heteroatoms. The van der Waals surface area contributed by atoms with Crippen LogP contribution in [0.25, 0.3) is 0 Å². The topological polar surface area (TPSA) is 66.5 Å². The standard InChI is InChI=1S/C32H32N2O3/c1-18(2)17-25(30(35)33-19(3)20-11-5-4-6-12-20)34-31(36)28-26-21-13-7-8-14-22(21)27(29(28)32(34)37)24-16-10-9-15-23(24)26/h4-16,18-19,25-29H,17H2,1-3H3,(H,33,35)/t19-,25-,26?,27?,28-,29+/m1/s1. The molecular weight excluding hydrogens is 460 g/mol. The van der Waals surface area contributed by atoms with Crippen molar-refractivity contribution in [1.29, 1.82) is 0 Å². The predicted octanol–water partition coefficient (Wildman–Crippen LogP) is 5.17. The van der Waals surface area contributed by atoms with Gasteiger partial charge in [0, 0.05) is 11.8 Å². The van der Waals surface area contributed by atoms with E-state index in [2.05, 4.69) is 29.6 Å². The Morgan fingerprint density at radius 3 is 1.59 bits per heavy atom. The summed E-state index contributed by atoms with van der Waals surface area (Å²) in [4.78, 5) is 43.4. The maximum absolute atomic E-state index is 14.2. The van der Waals surface area contributed by atoms with Crippen LogP contribution in [0.1, 0.15) is 72.9 Å². The van der Waals surface area contributed by atoms with Gasteiger partial charge in [-0.2, -0.15) is 0 Å². The predicted molar refractivity (Wildman–Crippen MR) is 142 cm³/mol. The number of likely N-dealkylation sites (tertiary alicyclic amines) is 1. The lowest BCUT2D eigenvalue weighted by Crippen LogP contribution is -2.51. The Hall–Kier alpha value is -3.73. The van der Waals surface area contributed by atoms with Crippen molar-refractivity contribution in [2.75, 3.05) is 0 Å². The summed E-state index contributed by atoms with van der Waals surface area (Å²) in [5.41, 5.74) is 5.53. The Morgan fingerprint density at radius 1 is 0.730 bits per heavy atom. The molecule has 0 aromatic heterocycles. The molecule has 3 aromatic carbocycles. The minimum absolute atomic E-state index is 0.136. The molecule has 3 aliphatic carbocycles. The third-order valence-corrected chi connectivity index (χ3v) is 8.45. The van der Waals surface area contributed by atoms with Gasteiger partial charge in [-0.3, -0.25) is 19.3 Å². The van der Waals surface area contributed by atoms with Gasteiger partial charge in [0.05, 0.1) is 17.9 Å². The monoisotopic (exact) mass is 492 g/mol. The van der Waals surface area contributed by atoms with Crippen LogP contribution < -0.4 is 5.32 Å². The summed E-state index contributed by atoms with van der Waals surface area (Å²) in [7, 11) is 0. The summed E-state index contributed by atoms with van der Waals surface area (Å²) >= 11 is 0. The van der Waals surface area contributed by atoms with Crippen LogP contribution in [0.3, 0.4) is 0 Å². The second kappa shape index (κ2) is 8.98. The molecule has 188 valence electrons. The van der Waals surface area contributed by atoms with Crippen LogP contribution in [-0.2, 0) is 14.4 Å². The second-order valence-electron chi connectivity index (χ2n) is 11.1. The van der Waals surface area contributed by atoms with Crippen LogP contribution in [0, 0.1) is 17.8 Å². The minimum atomic E-state index is -0.831. The zero-order chi connectivity index (χ0) is 25.8. The molecule has 1 heterocycles. The number of benzene rings is 3. The zero-order valence-corrected chi connectivity index (χ0v) is 21.4. The third-order valence-electron chi connectivity index (χ3n) is 8.45. The fraction of sp³-hybridized carbons (Fsp3) is 0.344. The number of carbonyl (C=O) groups excluding carboxylic acids is 3. The lowest BCUT2D eigenvalue weighted by atomic mass is 9.55. The van der Waals surface area contributed by atoms with E-state index in [1.807, 2.05) is 75.4 Å². The summed E-state index contributed by atoms with van der Waals surface area (Å²) < 4.78 is 0. The molecule has 0 saturated carbocycles. The molecule has 2 bridgehead atoms. The smallest absolute Gasteiger partial charge is 0.243 e. The van der Waals surface area contributed by atoms with E-state index in [4.69, 9.17) is 0 Å². The van der Waals surface area contributed by atoms with Gasteiger partial charge in [0.25, 0.3) is 0 Å². The van der Waals surface area contributed by atoms with Crippen LogP contribution >= 0.6 is 0 Å². The Morgan fingerprint density at radius 2 is 1.16 bits per heavy atom. The van der Waals surface area contributed by atoms with E-state index in [9.17, 15) is 14.4 Å². The minimum Gasteiger partial charge on any atom is -0.348 e. The van der Waals surface area contributed by atoms with Gasteiger partial charge in [-0.25, -0.2) is 0 Å². The van der Waals surface area contributed by atoms with E-state index in [1.165, 1.54) is 4.90 Å².